The minimum atomic E-state index is -4.37. The Morgan fingerprint density at radius 1 is 0.889 bits per heavy atom. The third-order valence-electron chi connectivity index (χ3n) is 4.58. The van der Waals surface area contributed by atoms with Gasteiger partial charge in [0.2, 0.25) is 0 Å². The van der Waals surface area contributed by atoms with Gasteiger partial charge in [0.05, 0.1) is 0 Å². The van der Waals surface area contributed by atoms with Crippen molar-refractivity contribution >= 4 is 15.1 Å². The van der Waals surface area contributed by atoms with E-state index in [-0.39, 0.29) is 0 Å². The molecule has 2 atom stereocenters. The summed E-state index contributed by atoms with van der Waals surface area (Å²) in [5, 5.41) is 0. The summed E-state index contributed by atoms with van der Waals surface area (Å²) in [6, 6.07) is 17.8. The molecule has 9 heteroatoms. The first-order valence-electron chi connectivity index (χ1n) is 8.69. The summed E-state index contributed by atoms with van der Waals surface area (Å²) >= 11 is 0. The molecule has 0 radical (unpaired) electrons. The van der Waals surface area contributed by atoms with Crippen LogP contribution in [0.2, 0.25) is 0 Å². The first-order chi connectivity index (χ1) is 12.8. The SMILES string of the molecule is CP(=O)(Oc1ccccc1)N1CCN(C(c2ccccc2)P(=O)(O)O)CC1. The van der Waals surface area contributed by atoms with Crippen molar-refractivity contribution in [2.75, 3.05) is 32.8 Å². The lowest BCUT2D eigenvalue weighted by Gasteiger charge is -2.40. The fourth-order valence-electron chi connectivity index (χ4n) is 3.30. The zero-order valence-electron chi connectivity index (χ0n) is 15.1. The van der Waals surface area contributed by atoms with Crippen molar-refractivity contribution in [3.8, 4) is 5.75 Å². The Labute approximate surface area is 159 Å². The van der Waals surface area contributed by atoms with E-state index in [2.05, 4.69) is 0 Å². The second-order valence-corrected chi connectivity index (χ2v) is 10.6. The van der Waals surface area contributed by atoms with Gasteiger partial charge in [-0.15, -0.1) is 0 Å². The lowest BCUT2D eigenvalue weighted by molar-refractivity contribution is 0.149. The molecule has 2 aromatic rings. The molecular formula is C18H24N2O5P2. The number of rotatable bonds is 6. The summed E-state index contributed by atoms with van der Waals surface area (Å²) in [4.78, 5) is 21.5. The lowest BCUT2D eigenvalue weighted by Crippen LogP contribution is -2.46. The molecular weight excluding hydrogens is 386 g/mol. The van der Waals surface area contributed by atoms with Gasteiger partial charge in [-0.2, -0.15) is 0 Å². The smallest absolute Gasteiger partial charge is 0.347 e. The molecule has 27 heavy (non-hydrogen) atoms. The first kappa shape index (κ1) is 20.3. The van der Waals surface area contributed by atoms with Gasteiger partial charge in [0.1, 0.15) is 11.5 Å². The van der Waals surface area contributed by atoms with Gasteiger partial charge in [-0.1, -0.05) is 48.5 Å². The van der Waals surface area contributed by atoms with Crippen LogP contribution in [0.15, 0.2) is 60.7 Å². The number of hydrogen-bond donors (Lipinski definition) is 2. The van der Waals surface area contributed by atoms with Gasteiger partial charge in [-0.05, 0) is 17.7 Å². The third kappa shape index (κ3) is 5.08. The monoisotopic (exact) mass is 410 g/mol. The Kier molecular flexibility index (Phi) is 6.21. The van der Waals surface area contributed by atoms with Crippen LogP contribution in [0, 0.1) is 0 Å². The van der Waals surface area contributed by atoms with Gasteiger partial charge in [-0.25, -0.2) is 4.67 Å². The second kappa shape index (κ2) is 8.27. The van der Waals surface area contributed by atoms with Crippen molar-refractivity contribution in [2.45, 2.75) is 5.78 Å². The Morgan fingerprint density at radius 3 is 1.93 bits per heavy atom. The van der Waals surface area contributed by atoms with E-state index in [0.29, 0.717) is 37.5 Å². The molecule has 0 amide bonds. The van der Waals surface area contributed by atoms with E-state index < -0.39 is 20.9 Å². The fourth-order valence-corrected chi connectivity index (χ4v) is 6.05. The lowest BCUT2D eigenvalue weighted by atomic mass is 10.2. The molecule has 1 aliphatic heterocycles. The number of para-hydroxylation sites is 1. The molecule has 0 aliphatic carbocycles. The minimum absolute atomic E-state index is 0.390. The Morgan fingerprint density at radius 2 is 1.41 bits per heavy atom. The predicted molar refractivity (Wildman–Crippen MR) is 105 cm³/mol. The highest BCUT2D eigenvalue weighted by Gasteiger charge is 2.39. The maximum absolute atomic E-state index is 13.0. The first-order valence-corrected chi connectivity index (χ1v) is 12.4. The van der Waals surface area contributed by atoms with Crippen LogP contribution in [0.25, 0.3) is 0 Å². The van der Waals surface area contributed by atoms with Gasteiger partial charge in [-0.3, -0.25) is 14.0 Å². The molecule has 2 unspecified atom stereocenters. The molecule has 1 heterocycles. The molecule has 0 spiro atoms. The maximum atomic E-state index is 13.0. The second-order valence-electron chi connectivity index (χ2n) is 6.57. The maximum Gasteiger partial charge on any atom is 0.347 e. The highest BCUT2D eigenvalue weighted by molar-refractivity contribution is 7.56. The van der Waals surface area contributed by atoms with Gasteiger partial charge in [0, 0.05) is 32.8 Å². The van der Waals surface area contributed by atoms with E-state index in [1.807, 2.05) is 24.3 Å². The summed E-state index contributed by atoms with van der Waals surface area (Å²) < 4.78 is 32.6. The topological polar surface area (TPSA) is 90.3 Å². The van der Waals surface area contributed by atoms with Gasteiger partial charge in [0.25, 0.3) is 0 Å². The Bertz CT molecular complexity index is 835. The van der Waals surface area contributed by atoms with E-state index in [4.69, 9.17) is 4.52 Å². The average molecular weight is 410 g/mol. The van der Waals surface area contributed by atoms with Crippen LogP contribution in [0.1, 0.15) is 11.3 Å². The molecule has 146 valence electrons. The average Bonchev–Trinajstić information content (AvgIpc) is 2.62. The molecule has 1 saturated heterocycles. The number of nitrogens with zero attached hydrogens (tertiary/aromatic N) is 2. The van der Waals surface area contributed by atoms with Crippen LogP contribution in [0.5, 0.6) is 5.75 Å². The van der Waals surface area contributed by atoms with Crippen LogP contribution in [-0.4, -0.2) is 52.2 Å². The molecule has 0 aromatic heterocycles. The summed E-state index contributed by atoms with van der Waals surface area (Å²) in [5.41, 5.74) is 0.583. The molecule has 0 bridgehead atoms. The van der Waals surface area contributed by atoms with Crippen LogP contribution >= 0.6 is 15.1 Å². The largest absolute Gasteiger partial charge is 0.433 e. The quantitative estimate of drug-likeness (QED) is 0.706. The van der Waals surface area contributed by atoms with E-state index in [9.17, 15) is 18.9 Å². The van der Waals surface area contributed by atoms with Crippen molar-refractivity contribution in [3.05, 3.63) is 66.2 Å². The Hall–Kier alpha value is -1.46. The molecule has 7 nitrogen and oxygen atoms in total. The predicted octanol–water partition coefficient (Wildman–Crippen LogP) is 3.38. The summed E-state index contributed by atoms with van der Waals surface area (Å²) in [5.74, 6) is -0.449. The number of piperazine rings is 1. The highest BCUT2D eigenvalue weighted by Crippen LogP contribution is 2.55. The van der Waals surface area contributed by atoms with Gasteiger partial charge >= 0.3 is 15.1 Å². The molecule has 1 fully saturated rings. The molecule has 1 aliphatic rings. The summed E-state index contributed by atoms with van der Waals surface area (Å²) in [6.45, 7) is 3.17. The van der Waals surface area contributed by atoms with Gasteiger partial charge < -0.3 is 14.3 Å². The van der Waals surface area contributed by atoms with Gasteiger partial charge in [0.15, 0.2) is 0 Å². The van der Waals surface area contributed by atoms with Crippen LogP contribution < -0.4 is 4.52 Å². The molecule has 0 saturated carbocycles. The Balaban J connectivity index is 1.70. The number of benzene rings is 2. The zero-order valence-corrected chi connectivity index (χ0v) is 16.9. The van der Waals surface area contributed by atoms with Crippen molar-refractivity contribution in [3.63, 3.8) is 0 Å². The minimum Gasteiger partial charge on any atom is -0.433 e. The zero-order chi connectivity index (χ0) is 19.5. The van der Waals surface area contributed by atoms with Crippen LogP contribution in [0.4, 0.5) is 0 Å². The van der Waals surface area contributed by atoms with Crippen LogP contribution in [0.3, 0.4) is 0 Å². The fraction of sp³-hybridized carbons (Fsp3) is 0.333. The van der Waals surface area contributed by atoms with Crippen molar-refractivity contribution < 1.29 is 23.4 Å². The third-order valence-corrected chi connectivity index (χ3v) is 7.82. The standard InChI is InChI=1S/C18H24N2O5P2/c1-26(21,25-17-10-6-3-7-11-17)20-14-12-19(13-15-20)18(27(22,23)24)16-8-4-2-5-9-16/h2-11,18H,12-15H2,1H3,(H2,22,23,24). The molecule has 2 N–H and O–H groups in total. The summed E-state index contributed by atoms with van der Waals surface area (Å²) in [6.07, 6.45) is 0. The number of hydrogen-bond acceptors (Lipinski definition) is 4. The van der Waals surface area contributed by atoms with Crippen molar-refractivity contribution in [1.29, 1.82) is 0 Å². The van der Waals surface area contributed by atoms with E-state index >= 15 is 0 Å². The molecule has 2 aromatic carbocycles. The van der Waals surface area contributed by atoms with E-state index in [0.717, 1.165) is 0 Å². The van der Waals surface area contributed by atoms with Crippen molar-refractivity contribution in [2.24, 2.45) is 0 Å². The summed E-state index contributed by atoms with van der Waals surface area (Å²) in [7, 11) is -7.42. The van der Waals surface area contributed by atoms with E-state index in [1.54, 1.807) is 52.6 Å². The normalized spacial score (nSPS) is 20.0. The van der Waals surface area contributed by atoms with E-state index in [1.165, 1.54) is 0 Å². The van der Waals surface area contributed by atoms with Crippen molar-refractivity contribution in [1.82, 2.24) is 9.57 Å². The highest BCUT2D eigenvalue weighted by atomic mass is 31.2. The van der Waals surface area contributed by atoms with Crippen LogP contribution in [-0.2, 0) is 9.13 Å². The molecule has 3 rings (SSSR count).